The number of hydrogen-bond donors (Lipinski definition) is 0. The fourth-order valence-corrected chi connectivity index (χ4v) is 6.55. The van der Waals surface area contributed by atoms with Gasteiger partial charge in [0.15, 0.2) is 0 Å². The summed E-state index contributed by atoms with van der Waals surface area (Å²) < 4.78 is 8.79. The zero-order valence-electron chi connectivity index (χ0n) is 24.6. The van der Waals surface area contributed by atoms with Crippen LogP contribution in [-0.4, -0.2) is 75.6 Å². The van der Waals surface area contributed by atoms with E-state index in [-0.39, 0.29) is 18.1 Å². The van der Waals surface area contributed by atoms with Crippen molar-refractivity contribution in [1.82, 2.24) is 24.1 Å². The first-order valence-corrected chi connectivity index (χ1v) is 14.7. The second kappa shape index (κ2) is 12.1. The van der Waals surface area contributed by atoms with Gasteiger partial charge in [-0.3, -0.25) is 19.3 Å². The van der Waals surface area contributed by atoms with Crippen LogP contribution in [0.2, 0.25) is 0 Å². The van der Waals surface area contributed by atoms with Crippen LogP contribution in [0.4, 0.5) is 5.69 Å². The summed E-state index contributed by atoms with van der Waals surface area (Å²) in [6.07, 6.45) is 5.26. The largest absolute Gasteiger partial charge is 0.380 e. The van der Waals surface area contributed by atoms with Gasteiger partial charge in [-0.25, -0.2) is 0 Å². The molecule has 2 saturated heterocycles. The highest BCUT2D eigenvalue weighted by Crippen LogP contribution is 2.34. The molecule has 2 fully saturated rings. The molecule has 0 aliphatic carbocycles. The van der Waals surface area contributed by atoms with Gasteiger partial charge in [0, 0.05) is 71.1 Å². The highest BCUT2D eigenvalue weighted by molar-refractivity contribution is 5.88. The molecule has 2 aromatic heterocycles. The predicted molar refractivity (Wildman–Crippen MR) is 158 cm³/mol. The molecular formula is C31H43N7O2. The van der Waals surface area contributed by atoms with Gasteiger partial charge in [-0.15, -0.1) is 0 Å². The molecule has 5 rings (SSSR count). The maximum atomic E-state index is 12.9. The number of aromatic nitrogens is 3. The third-order valence-electron chi connectivity index (χ3n) is 9.09. The van der Waals surface area contributed by atoms with Crippen molar-refractivity contribution in [2.45, 2.75) is 77.4 Å². The molecule has 3 aromatic rings. The van der Waals surface area contributed by atoms with Crippen LogP contribution in [0.1, 0.15) is 57.2 Å². The van der Waals surface area contributed by atoms with Gasteiger partial charge >= 0.3 is 0 Å². The highest BCUT2D eigenvalue weighted by atomic mass is 16.5. The minimum atomic E-state index is -0.0514. The monoisotopic (exact) mass is 545 g/mol. The molecule has 40 heavy (non-hydrogen) atoms. The van der Waals surface area contributed by atoms with E-state index in [9.17, 15) is 10.1 Å². The van der Waals surface area contributed by atoms with Crippen molar-refractivity contribution in [1.29, 1.82) is 5.26 Å². The number of nitriles is 1. The molecule has 4 heterocycles. The lowest BCUT2D eigenvalue weighted by molar-refractivity contribution is 0.101. The molecule has 0 spiro atoms. The van der Waals surface area contributed by atoms with Crippen molar-refractivity contribution in [3.8, 4) is 6.07 Å². The quantitative estimate of drug-likeness (QED) is 0.403. The van der Waals surface area contributed by atoms with E-state index in [0.29, 0.717) is 18.2 Å². The van der Waals surface area contributed by atoms with E-state index < -0.39 is 0 Å². The first-order chi connectivity index (χ1) is 19.4. The summed E-state index contributed by atoms with van der Waals surface area (Å²) in [4.78, 5) is 20.5. The van der Waals surface area contributed by atoms with Crippen LogP contribution in [0.5, 0.6) is 0 Å². The first-order valence-electron chi connectivity index (χ1n) is 14.7. The Morgan fingerprint density at radius 2 is 1.88 bits per heavy atom. The van der Waals surface area contributed by atoms with Gasteiger partial charge in [-0.1, -0.05) is 38.1 Å². The van der Waals surface area contributed by atoms with E-state index in [4.69, 9.17) is 9.84 Å². The average Bonchev–Trinajstić information content (AvgIpc) is 3.61. The van der Waals surface area contributed by atoms with Crippen LogP contribution >= 0.6 is 0 Å². The molecule has 9 nitrogen and oxygen atoms in total. The van der Waals surface area contributed by atoms with Gasteiger partial charge in [-0.05, 0) is 37.3 Å². The molecule has 4 atom stereocenters. The highest BCUT2D eigenvalue weighted by Gasteiger charge is 2.36. The Balaban J connectivity index is 1.36. The number of ether oxygens (including phenoxy) is 1. The van der Waals surface area contributed by atoms with E-state index in [1.807, 2.05) is 13.3 Å². The summed E-state index contributed by atoms with van der Waals surface area (Å²) in [5, 5.41) is 13.9. The number of anilines is 1. The molecule has 2 aliphatic rings. The van der Waals surface area contributed by atoms with Gasteiger partial charge in [0.2, 0.25) is 0 Å². The van der Waals surface area contributed by atoms with E-state index in [2.05, 4.69) is 65.8 Å². The standard InChI is InChI=1S/C31H43N7O2/c1-6-25-19-38(28-16-30(39)34(4)29-21-36(15-13-32)33-31(28)29)26(7-2)18-37(25)22(3)24-10-8-23(9-11-24)17-35-14-12-27(20-35)40-5/h8-11,16,21-22,25-27H,6-7,12,14-15,17-20H2,1-5H3/t22-,25-,26+,27?/m1/s1. The number of benzene rings is 1. The Bertz CT molecular complexity index is 1410. The Hall–Kier alpha value is -3.19. The average molecular weight is 546 g/mol. The minimum Gasteiger partial charge on any atom is -0.380 e. The van der Waals surface area contributed by atoms with Crippen molar-refractivity contribution in [2.24, 2.45) is 7.05 Å². The normalized spacial score (nSPS) is 23.1. The van der Waals surface area contributed by atoms with Gasteiger partial charge < -0.3 is 14.2 Å². The number of rotatable bonds is 9. The minimum absolute atomic E-state index is 0.0514. The Morgan fingerprint density at radius 1 is 1.12 bits per heavy atom. The fraction of sp³-hybridized carbons (Fsp3) is 0.581. The first kappa shape index (κ1) is 28.3. The number of nitrogens with zero attached hydrogens (tertiary/aromatic N) is 7. The lowest BCUT2D eigenvalue weighted by Gasteiger charge is -2.49. The smallest absolute Gasteiger partial charge is 0.252 e. The van der Waals surface area contributed by atoms with Crippen molar-refractivity contribution in [3.63, 3.8) is 0 Å². The Kier molecular flexibility index (Phi) is 8.60. The molecule has 214 valence electrons. The topological polar surface area (TPSA) is 82.6 Å². The molecular weight excluding hydrogens is 502 g/mol. The number of pyridine rings is 1. The molecule has 0 bridgehead atoms. The number of hydrogen-bond acceptors (Lipinski definition) is 7. The van der Waals surface area contributed by atoms with Crippen LogP contribution in [0.3, 0.4) is 0 Å². The van der Waals surface area contributed by atoms with Gasteiger partial charge in [0.05, 0.1) is 29.6 Å². The lowest BCUT2D eigenvalue weighted by atomic mass is 9.96. The van der Waals surface area contributed by atoms with Crippen LogP contribution in [0, 0.1) is 11.3 Å². The van der Waals surface area contributed by atoms with E-state index in [1.165, 1.54) is 11.1 Å². The molecule has 1 unspecified atom stereocenters. The number of piperazine rings is 1. The zero-order valence-corrected chi connectivity index (χ0v) is 24.6. The summed E-state index contributed by atoms with van der Waals surface area (Å²) in [5.41, 5.74) is 5.08. The molecule has 0 amide bonds. The molecule has 1 aromatic carbocycles. The second-order valence-corrected chi connectivity index (χ2v) is 11.4. The maximum absolute atomic E-state index is 12.9. The van der Waals surface area contributed by atoms with Crippen LogP contribution in [0.15, 0.2) is 41.3 Å². The van der Waals surface area contributed by atoms with Gasteiger partial charge in [0.1, 0.15) is 12.1 Å². The Labute approximate surface area is 237 Å². The van der Waals surface area contributed by atoms with E-state index >= 15 is 0 Å². The molecule has 9 heteroatoms. The van der Waals surface area contributed by atoms with Crippen LogP contribution < -0.4 is 10.5 Å². The number of methoxy groups -OCH3 is 1. The summed E-state index contributed by atoms with van der Waals surface area (Å²) in [6.45, 7) is 11.8. The molecule has 0 N–H and O–H groups in total. The summed E-state index contributed by atoms with van der Waals surface area (Å²) in [6, 6.07) is 14.0. The number of aryl methyl sites for hydroxylation is 1. The molecule has 2 aliphatic heterocycles. The predicted octanol–water partition coefficient (Wildman–Crippen LogP) is 3.92. The van der Waals surface area contributed by atoms with Gasteiger partial charge in [0.25, 0.3) is 5.56 Å². The Morgan fingerprint density at radius 3 is 2.52 bits per heavy atom. The summed E-state index contributed by atoms with van der Waals surface area (Å²) in [7, 11) is 3.58. The third kappa shape index (κ3) is 5.53. The van der Waals surface area contributed by atoms with Crippen molar-refractivity contribution in [3.05, 3.63) is 58.0 Å². The molecule has 0 radical (unpaired) electrons. The van der Waals surface area contributed by atoms with E-state index in [0.717, 1.165) is 68.7 Å². The third-order valence-corrected chi connectivity index (χ3v) is 9.09. The van der Waals surface area contributed by atoms with Crippen molar-refractivity contribution >= 4 is 16.7 Å². The van der Waals surface area contributed by atoms with Crippen LogP contribution in [0.25, 0.3) is 11.0 Å². The maximum Gasteiger partial charge on any atom is 0.252 e. The van der Waals surface area contributed by atoms with Crippen molar-refractivity contribution in [2.75, 3.05) is 38.2 Å². The zero-order chi connectivity index (χ0) is 28.4. The van der Waals surface area contributed by atoms with Crippen LogP contribution in [-0.2, 0) is 24.9 Å². The van der Waals surface area contributed by atoms with E-state index in [1.54, 1.807) is 22.4 Å². The van der Waals surface area contributed by atoms with Gasteiger partial charge in [-0.2, -0.15) is 10.4 Å². The van der Waals surface area contributed by atoms with Crippen molar-refractivity contribution < 1.29 is 4.74 Å². The summed E-state index contributed by atoms with van der Waals surface area (Å²) in [5.74, 6) is 0. The second-order valence-electron chi connectivity index (χ2n) is 11.4. The fourth-order valence-electron chi connectivity index (χ4n) is 6.55. The SMILES string of the molecule is CC[C@H]1CN([C@H](C)c2ccc(CN3CCC(OC)C3)cc2)[C@H](CC)CN1c1cc(=O)n(C)c2cn(CC#N)nc12. The number of likely N-dealkylation sites (tertiary alicyclic amines) is 1. The lowest BCUT2D eigenvalue weighted by Crippen LogP contribution is -2.58. The summed E-state index contributed by atoms with van der Waals surface area (Å²) >= 11 is 0. The molecule has 0 saturated carbocycles. The number of fused-ring (bicyclic) bond motifs is 1.